The number of amides is 1. The maximum Gasteiger partial charge on any atom is 0.257 e. The van der Waals surface area contributed by atoms with E-state index in [1.807, 2.05) is 13.8 Å². The third-order valence-electron chi connectivity index (χ3n) is 2.53. The Morgan fingerprint density at radius 3 is 2.68 bits per heavy atom. The van der Waals surface area contributed by atoms with E-state index in [1.165, 1.54) is 18.2 Å². The van der Waals surface area contributed by atoms with Crippen molar-refractivity contribution in [3.8, 4) is 5.75 Å². The lowest BCUT2D eigenvalue weighted by atomic mass is 10.1. The molecular weight excluding hydrogens is 247 g/mol. The molecule has 0 fully saturated rings. The molecule has 0 radical (unpaired) electrons. The summed E-state index contributed by atoms with van der Waals surface area (Å²) >= 11 is 0. The minimum absolute atomic E-state index is 0.0991. The fourth-order valence-corrected chi connectivity index (χ4v) is 1.52. The van der Waals surface area contributed by atoms with E-state index < -0.39 is 0 Å². The fourth-order valence-electron chi connectivity index (χ4n) is 1.52. The molecule has 1 amide bonds. The highest BCUT2D eigenvalue weighted by molar-refractivity contribution is 5.77. The second-order valence-corrected chi connectivity index (χ2v) is 4.96. The van der Waals surface area contributed by atoms with Crippen molar-refractivity contribution in [2.45, 2.75) is 26.8 Å². The molecule has 1 aromatic rings. The summed E-state index contributed by atoms with van der Waals surface area (Å²) in [5, 5.41) is 2.74. The normalized spacial score (nSPS) is 12.3. The molecule has 4 nitrogen and oxygen atoms in total. The summed E-state index contributed by atoms with van der Waals surface area (Å²) in [7, 11) is 0. The lowest BCUT2D eigenvalue weighted by molar-refractivity contribution is -0.123. The first-order chi connectivity index (χ1) is 8.90. The number of halogens is 1. The third kappa shape index (κ3) is 5.26. The number of nitrogens with one attached hydrogen (secondary N) is 1. The van der Waals surface area contributed by atoms with Gasteiger partial charge in [0.15, 0.2) is 6.61 Å². The average molecular weight is 268 g/mol. The monoisotopic (exact) mass is 268 g/mol. The van der Waals surface area contributed by atoms with Crippen LogP contribution in [0.5, 0.6) is 5.75 Å². The van der Waals surface area contributed by atoms with Crippen LogP contribution in [0.3, 0.4) is 0 Å². The van der Waals surface area contributed by atoms with Crippen molar-refractivity contribution in [3.05, 3.63) is 29.6 Å². The standard InChI is InChI=1S/C14H21FN2O2/c1-9(2)7-17-14(18)8-19-13-5-4-11(15)6-12(13)10(3)16/h4-6,9-10H,7-8,16H2,1-3H3,(H,17,18). The zero-order valence-corrected chi connectivity index (χ0v) is 11.6. The van der Waals surface area contributed by atoms with Crippen LogP contribution in [0.1, 0.15) is 32.4 Å². The van der Waals surface area contributed by atoms with E-state index in [2.05, 4.69) is 5.32 Å². The van der Waals surface area contributed by atoms with Crippen LogP contribution in [0.25, 0.3) is 0 Å². The van der Waals surface area contributed by atoms with Gasteiger partial charge in [-0.15, -0.1) is 0 Å². The summed E-state index contributed by atoms with van der Waals surface area (Å²) in [4.78, 5) is 11.5. The van der Waals surface area contributed by atoms with Crippen LogP contribution in [-0.2, 0) is 4.79 Å². The summed E-state index contributed by atoms with van der Waals surface area (Å²) < 4.78 is 18.5. The van der Waals surface area contributed by atoms with Crippen molar-refractivity contribution >= 4 is 5.91 Å². The molecule has 5 heteroatoms. The number of carbonyl (C=O) groups is 1. The van der Waals surface area contributed by atoms with Gasteiger partial charge >= 0.3 is 0 Å². The van der Waals surface area contributed by atoms with E-state index in [9.17, 15) is 9.18 Å². The van der Waals surface area contributed by atoms with Gasteiger partial charge in [-0.05, 0) is 31.0 Å². The highest BCUT2D eigenvalue weighted by Crippen LogP contribution is 2.24. The van der Waals surface area contributed by atoms with Crippen LogP contribution in [0.4, 0.5) is 4.39 Å². The molecule has 0 spiro atoms. The van der Waals surface area contributed by atoms with Crippen molar-refractivity contribution < 1.29 is 13.9 Å². The molecule has 1 atom stereocenters. The molecule has 106 valence electrons. The second-order valence-electron chi connectivity index (χ2n) is 4.96. The van der Waals surface area contributed by atoms with E-state index >= 15 is 0 Å². The SMILES string of the molecule is CC(C)CNC(=O)COc1ccc(F)cc1C(C)N. The minimum atomic E-state index is -0.371. The number of hydrogen-bond donors (Lipinski definition) is 2. The summed E-state index contributed by atoms with van der Waals surface area (Å²) in [5.74, 6) is 0.253. The summed E-state index contributed by atoms with van der Waals surface area (Å²) in [6.07, 6.45) is 0. The van der Waals surface area contributed by atoms with Crippen molar-refractivity contribution in [1.82, 2.24) is 5.32 Å². The molecular formula is C14H21FN2O2. The highest BCUT2D eigenvalue weighted by atomic mass is 19.1. The summed E-state index contributed by atoms with van der Waals surface area (Å²) in [6, 6.07) is 3.74. The zero-order valence-electron chi connectivity index (χ0n) is 11.6. The first kappa shape index (κ1) is 15.4. The molecule has 1 aromatic carbocycles. The quantitative estimate of drug-likeness (QED) is 0.829. The van der Waals surface area contributed by atoms with Gasteiger partial charge in [-0.2, -0.15) is 0 Å². The molecule has 3 N–H and O–H groups in total. The number of ether oxygens (including phenoxy) is 1. The average Bonchev–Trinajstić information content (AvgIpc) is 2.34. The Morgan fingerprint density at radius 2 is 2.11 bits per heavy atom. The molecule has 0 saturated carbocycles. The molecule has 0 aliphatic heterocycles. The number of carbonyl (C=O) groups excluding carboxylic acids is 1. The predicted octanol–water partition coefficient (Wildman–Crippen LogP) is 2.00. The Bertz CT molecular complexity index is 433. The fraction of sp³-hybridized carbons (Fsp3) is 0.500. The van der Waals surface area contributed by atoms with Crippen LogP contribution in [0.2, 0.25) is 0 Å². The van der Waals surface area contributed by atoms with Crippen molar-refractivity contribution in [3.63, 3.8) is 0 Å². The van der Waals surface area contributed by atoms with Gasteiger partial charge in [-0.3, -0.25) is 4.79 Å². The molecule has 0 aliphatic carbocycles. The first-order valence-electron chi connectivity index (χ1n) is 6.34. The van der Waals surface area contributed by atoms with Gasteiger partial charge in [0.05, 0.1) is 0 Å². The molecule has 0 aromatic heterocycles. The van der Waals surface area contributed by atoms with E-state index in [0.717, 1.165) is 0 Å². The Balaban J connectivity index is 2.60. The highest BCUT2D eigenvalue weighted by Gasteiger charge is 2.11. The molecule has 0 bridgehead atoms. The second kappa shape index (κ2) is 7.09. The molecule has 1 unspecified atom stereocenters. The molecule has 1 rings (SSSR count). The van der Waals surface area contributed by atoms with Gasteiger partial charge in [0, 0.05) is 18.2 Å². The number of nitrogens with two attached hydrogens (primary N) is 1. The van der Waals surface area contributed by atoms with Gasteiger partial charge in [0.25, 0.3) is 5.91 Å². The Labute approximate surface area is 113 Å². The van der Waals surface area contributed by atoms with Crippen molar-refractivity contribution in [2.75, 3.05) is 13.2 Å². The van der Waals surface area contributed by atoms with Gasteiger partial charge < -0.3 is 15.8 Å². The maximum absolute atomic E-state index is 13.1. The first-order valence-corrected chi connectivity index (χ1v) is 6.34. The molecule has 0 heterocycles. The molecule has 0 saturated heterocycles. The predicted molar refractivity (Wildman–Crippen MR) is 72.3 cm³/mol. The molecule has 0 aliphatic rings. The summed E-state index contributed by atoms with van der Waals surface area (Å²) in [6.45, 7) is 6.26. The largest absolute Gasteiger partial charge is 0.483 e. The Hall–Kier alpha value is -1.62. The smallest absolute Gasteiger partial charge is 0.257 e. The van der Waals surface area contributed by atoms with Crippen LogP contribution >= 0.6 is 0 Å². The Kier molecular flexibility index (Phi) is 5.76. The lowest BCUT2D eigenvalue weighted by Crippen LogP contribution is -2.32. The molecule has 19 heavy (non-hydrogen) atoms. The maximum atomic E-state index is 13.1. The van der Waals surface area contributed by atoms with Crippen LogP contribution < -0.4 is 15.8 Å². The van der Waals surface area contributed by atoms with Crippen molar-refractivity contribution in [1.29, 1.82) is 0 Å². The third-order valence-corrected chi connectivity index (χ3v) is 2.53. The van der Waals surface area contributed by atoms with Crippen LogP contribution in [0, 0.1) is 11.7 Å². The van der Waals surface area contributed by atoms with Crippen molar-refractivity contribution in [2.24, 2.45) is 11.7 Å². The van der Waals surface area contributed by atoms with E-state index in [-0.39, 0.29) is 24.4 Å². The van der Waals surface area contributed by atoms with E-state index in [4.69, 9.17) is 10.5 Å². The van der Waals surface area contributed by atoms with Crippen LogP contribution in [0.15, 0.2) is 18.2 Å². The lowest BCUT2D eigenvalue weighted by Gasteiger charge is -2.14. The van der Waals surface area contributed by atoms with E-state index in [0.29, 0.717) is 23.8 Å². The number of benzene rings is 1. The minimum Gasteiger partial charge on any atom is -0.483 e. The van der Waals surface area contributed by atoms with Gasteiger partial charge in [0.2, 0.25) is 0 Å². The van der Waals surface area contributed by atoms with E-state index in [1.54, 1.807) is 6.92 Å². The number of rotatable bonds is 6. The topological polar surface area (TPSA) is 64.3 Å². The zero-order chi connectivity index (χ0) is 14.4. The summed E-state index contributed by atoms with van der Waals surface area (Å²) in [5.41, 5.74) is 6.29. The Morgan fingerprint density at radius 1 is 1.42 bits per heavy atom. The van der Waals surface area contributed by atoms with Gasteiger partial charge in [0.1, 0.15) is 11.6 Å². The van der Waals surface area contributed by atoms with Gasteiger partial charge in [-0.25, -0.2) is 4.39 Å². The number of hydrogen-bond acceptors (Lipinski definition) is 3. The van der Waals surface area contributed by atoms with Crippen LogP contribution in [-0.4, -0.2) is 19.1 Å². The van der Waals surface area contributed by atoms with Gasteiger partial charge in [-0.1, -0.05) is 13.8 Å².